The normalized spacial score (nSPS) is 17.1. The Bertz CT molecular complexity index is 971. The molecule has 3 amide bonds. The van der Waals surface area contributed by atoms with Crippen molar-refractivity contribution in [2.24, 2.45) is 0 Å². The Morgan fingerprint density at radius 1 is 1.03 bits per heavy atom. The van der Waals surface area contributed by atoms with E-state index in [1.807, 2.05) is 12.1 Å². The van der Waals surface area contributed by atoms with Gasteiger partial charge < -0.3 is 20.0 Å². The summed E-state index contributed by atoms with van der Waals surface area (Å²) in [7, 11) is 0. The first-order chi connectivity index (χ1) is 15.0. The Kier molecular flexibility index (Phi) is 6.27. The van der Waals surface area contributed by atoms with Gasteiger partial charge in [-0.15, -0.1) is 0 Å². The molecule has 0 bridgehead atoms. The molecule has 0 radical (unpaired) electrons. The Hall–Kier alpha value is -3.26. The quantitative estimate of drug-likeness (QED) is 0.749. The van der Waals surface area contributed by atoms with Gasteiger partial charge in [-0.3, -0.25) is 14.4 Å². The molecule has 2 aliphatic heterocycles. The van der Waals surface area contributed by atoms with Crippen molar-refractivity contribution in [1.29, 1.82) is 0 Å². The van der Waals surface area contributed by atoms with E-state index in [1.54, 1.807) is 21.9 Å². The second-order valence-electron chi connectivity index (χ2n) is 7.97. The summed E-state index contributed by atoms with van der Waals surface area (Å²) in [5, 5.41) is 2.77. The van der Waals surface area contributed by atoms with E-state index in [2.05, 4.69) is 5.32 Å². The largest absolute Gasteiger partial charge is 0.327 e. The van der Waals surface area contributed by atoms with E-state index in [9.17, 15) is 18.8 Å². The summed E-state index contributed by atoms with van der Waals surface area (Å²) in [5.41, 5.74) is 1.92. The monoisotopic (exact) mass is 425 g/mol. The van der Waals surface area contributed by atoms with Crippen LogP contribution in [0.2, 0.25) is 0 Å². The maximum absolute atomic E-state index is 13.0. The second-order valence-corrected chi connectivity index (χ2v) is 7.97. The highest BCUT2D eigenvalue weighted by Crippen LogP contribution is 2.22. The fourth-order valence-corrected chi connectivity index (χ4v) is 4.08. The van der Waals surface area contributed by atoms with Crippen LogP contribution in [0.4, 0.5) is 15.8 Å². The maximum atomic E-state index is 13.0. The van der Waals surface area contributed by atoms with Crippen molar-refractivity contribution in [2.45, 2.75) is 12.8 Å². The van der Waals surface area contributed by atoms with Crippen LogP contribution in [0.1, 0.15) is 23.2 Å². The van der Waals surface area contributed by atoms with Crippen molar-refractivity contribution in [3.63, 3.8) is 0 Å². The van der Waals surface area contributed by atoms with E-state index < -0.39 is 0 Å². The predicted octanol–water partition coefficient (Wildman–Crippen LogP) is 0.932. The van der Waals surface area contributed by atoms with Crippen molar-refractivity contribution in [1.82, 2.24) is 4.90 Å². The summed E-state index contributed by atoms with van der Waals surface area (Å²) >= 11 is 0. The number of carbonyl (C=O) groups is 3. The number of hydrogen-bond acceptors (Lipinski definition) is 3. The lowest BCUT2D eigenvalue weighted by Crippen LogP contribution is -3.15. The average molecular weight is 425 g/mol. The standard InChI is InChI=1S/C23H25FN4O3/c24-18-6-8-19(9-7-18)25-21(29)16-26-11-13-27(14-12-26)23(31)17-3-1-4-20(15-17)28-10-2-5-22(28)30/h1,3-4,6-9,15H,2,5,10-14,16H2,(H,25,29)/p+1. The van der Waals surface area contributed by atoms with Gasteiger partial charge in [0.05, 0.1) is 26.2 Å². The number of halogens is 1. The number of anilines is 2. The lowest BCUT2D eigenvalue weighted by Gasteiger charge is -2.32. The van der Waals surface area contributed by atoms with Crippen LogP contribution in [0.25, 0.3) is 0 Å². The van der Waals surface area contributed by atoms with E-state index in [0.717, 1.165) is 17.0 Å². The van der Waals surface area contributed by atoms with Gasteiger partial charge in [0, 0.05) is 29.9 Å². The summed E-state index contributed by atoms with van der Waals surface area (Å²) in [4.78, 5) is 41.8. The predicted molar refractivity (Wildman–Crippen MR) is 115 cm³/mol. The van der Waals surface area contributed by atoms with Crippen LogP contribution in [-0.4, -0.2) is 61.9 Å². The molecule has 0 spiro atoms. The molecule has 0 aromatic heterocycles. The van der Waals surface area contributed by atoms with E-state index in [4.69, 9.17) is 0 Å². The third kappa shape index (κ3) is 5.08. The molecule has 2 aromatic carbocycles. The first-order valence-corrected chi connectivity index (χ1v) is 10.6. The number of amides is 3. The Morgan fingerprint density at radius 2 is 1.77 bits per heavy atom. The summed E-state index contributed by atoms with van der Waals surface area (Å²) in [5.74, 6) is -0.435. The lowest BCUT2D eigenvalue weighted by molar-refractivity contribution is -0.895. The third-order valence-electron chi connectivity index (χ3n) is 5.77. The first kappa shape index (κ1) is 21.0. The van der Waals surface area contributed by atoms with Crippen molar-refractivity contribution >= 4 is 29.1 Å². The molecule has 31 heavy (non-hydrogen) atoms. The van der Waals surface area contributed by atoms with Crippen LogP contribution in [0.3, 0.4) is 0 Å². The minimum atomic E-state index is -0.345. The second kappa shape index (κ2) is 9.26. The molecule has 8 heteroatoms. The summed E-state index contributed by atoms with van der Waals surface area (Å²) < 4.78 is 13.0. The molecule has 0 atom stereocenters. The van der Waals surface area contributed by atoms with Crippen LogP contribution in [0.5, 0.6) is 0 Å². The lowest BCUT2D eigenvalue weighted by atomic mass is 10.1. The zero-order valence-corrected chi connectivity index (χ0v) is 17.3. The van der Waals surface area contributed by atoms with Crippen LogP contribution < -0.4 is 15.1 Å². The average Bonchev–Trinajstić information content (AvgIpc) is 3.21. The van der Waals surface area contributed by atoms with Crippen molar-refractivity contribution < 1.29 is 23.7 Å². The molecule has 2 heterocycles. The van der Waals surface area contributed by atoms with Crippen LogP contribution in [0.15, 0.2) is 48.5 Å². The number of benzene rings is 2. The van der Waals surface area contributed by atoms with Crippen LogP contribution in [0, 0.1) is 5.82 Å². The van der Waals surface area contributed by atoms with Crippen LogP contribution >= 0.6 is 0 Å². The fourth-order valence-electron chi connectivity index (χ4n) is 4.08. The van der Waals surface area contributed by atoms with E-state index >= 15 is 0 Å². The van der Waals surface area contributed by atoms with E-state index in [1.165, 1.54) is 24.3 Å². The molecule has 162 valence electrons. The summed E-state index contributed by atoms with van der Waals surface area (Å²) in [6.07, 6.45) is 1.40. The van der Waals surface area contributed by atoms with Gasteiger partial charge in [-0.05, 0) is 48.9 Å². The first-order valence-electron chi connectivity index (χ1n) is 10.6. The maximum Gasteiger partial charge on any atom is 0.279 e. The number of nitrogens with one attached hydrogen (secondary N) is 2. The minimum Gasteiger partial charge on any atom is -0.327 e. The highest BCUT2D eigenvalue weighted by molar-refractivity contribution is 5.99. The van der Waals surface area contributed by atoms with Crippen molar-refractivity contribution in [3.8, 4) is 0 Å². The Balaban J connectivity index is 1.29. The summed E-state index contributed by atoms with van der Waals surface area (Å²) in [6.45, 7) is 3.46. The molecule has 2 fully saturated rings. The molecule has 4 rings (SSSR count). The van der Waals surface area contributed by atoms with Gasteiger partial charge in [0.25, 0.3) is 11.8 Å². The van der Waals surface area contributed by atoms with Gasteiger partial charge in [-0.1, -0.05) is 6.07 Å². The van der Waals surface area contributed by atoms with E-state index in [0.29, 0.717) is 56.9 Å². The smallest absolute Gasteiger partial charge is 0.279 e. The summed E-state index contributed by atoms with van der Waals surface area (Å²) in [6, 6.07) is 12.9. The van der Waals surface area contributed by atoms with Gasteiger partial charge in [-0.25, -0.2) is 4.39 Å². The topological polar surface area (TPSA) is 74.2 Å². The number of quaternary nitrogens is 1. The van der Waals surface area contributed by atoms with Gasteiger partial charge in [0.2, 0.25) is 5.91 Å². The van der Waals surface area contributed by atoms with E-state index in [-0.39, 0.29) is 23.5 Å². The number of rotatable bonds is 5. The van der Waals surface area contributed by atoms with Crippen molar-refractivity contribution in [2.75, 3.05) is 49.5 Å². The molecule has 2 aromatic rings. The fraction of sp³-hybridized carbons (Fsp3) is 0.348. The molecule has 0 unspecified atom stereocenters. The molecule has 2 aliphatic rings. The van der Waals surface area contributed by atoms with Gasteiger partial charge in [-0.2, -0.15) is 0 Å². The van der Waals surface area contributed by atoms with Crippen molar-refractivity contribution in [3.05, 3.63) is 59.9 Å². The molecular formula is C23H26FN4O3+. The SMILES string of the molecule is O=C(C[NH+]1CCN(C(=O)c2cccc(N3CCCC3=O)c2)CC1)Nc1ccc(F)cc1. The third-order valence-corrected chi connectivity index (χ3v) is 5.77. The van der Waals surface area contributed by atoms with Gasteiger partial charge in [0.15, 0.2) is 6.54 Å². The zero-order chi connectivity index (χ0) is 21.8. The highest BCUT2D eigenvalue weighted by atomic mass is 19.1. The number of nitrogens with zero attached hydrogens (tertiary/aromatic N) is 2. The molecule has 0 aliphatic carbocycles. The minimum absolute atomic E-state index is 0.0525. The van der Waals surface area contributed by atoms with Gasteiger partial charge >= 0.3 is 0 Å². The number of piperazine rings is 1. The van der Waals surface area contributed by atoms with Gasteiger partial charge in [0.1, 0.15) is 5.82 Å². The Morgan fingerprint density at radius 3 is 2.45 bits per heavy atom. The highest BCUT2D eigenvalue weighted by Gasteiger charge is 2.27. The number of hydrogen-bond donors (Lipinski definition) is 2. The molecule has 0 saturated carbocycles. The Labute approximate surface area is 180 Å². The van der Waals surface area contributed by atoms with Crippen LogP contribution in [-0.2, 0) is 9.59 Å². The number of carbonyl (C=O) groups excluding carboxylic acids is 3. The molecular weight excluding hydrogens is 399 g/mol. The zero-order valence-electron chi connectivity index (χ0n) is 17.3. The molecule has 2 saturated heterocycles. The molecule has 2 N–H and O–H groups in total. The molecule has 7 nitrogen and oxygen atoms in total.